The molecule has 0 aromatic carbocycles. The summed E-state index contributed by atoms with van der Waals surface area (Å²) >= 11 is 1.13. The lowest BCUT2D eigenvalue weighted by Crippen LogP contribution is -2.69. The summed E-state index contributed by atoms with van der Waals surface area (Å²) in [4.78, 5) is 17.8. The molecule has 12 heteroatoms. The Labute approximate surface area is 187 Å². The number of ether oxygens (including phenoxy) is 1. The Bertz CT molecular complexity index is 1210. The third-order valence-electron chi connectivity index (χ3n) is 5.81. The fourth-order valence-electron chi connectivity index (χ4n) is 4.18. The van der Waals surface area contributed by atoms with Gasteiger partial charge < -0.3 is 9.64 Å². The maximum Gasteiger partial charge on any atom is 0.175 e. The molecule has 5 heterocycles. The summed E-state index contributed by atoms with van der Waals surface area (Å²) in [5.41, 5.74) is 0.815. The summed E-state index contributed by atoms with van der Waals surface area (Å²) in [6.07, 6.45) is 3.38. The lowest BCUT2D eigenvalue weighted by Gasteiger charge is -2.53. The van der Waals surface area contributed by atoms with E-state index in [1.807, 2.05) is 6.92 Å². The second-order valence-electron chi connectivity index (χ2n) is 7.57. The number of hydrogen-bond acceptors (Lipinski definition) is 10. The van der Waals surface area contributed by atoms with Crippen LogP contribution in [0.2, 0.25) is 0 Å². The van der Waals surface area contributed by atoms with Crippen molar-refractivity contribution in [2.75, 3.05) is 29.6 Å². The van der Waals surface area contributed by atoms with E-state index in [2.05, 4.69) is 24.5 Å². The second kappa shape index (κ2) is 7.64. The smallest absolute Gasteiger partial charge is 0.175 e. The number of hydrogen-bond donors (Lipinski definition) is 2. The Morgan fingerprint density at radius 1 is 1.31 bits per heavy atom. The number of rotatable bonds is 3. The van der Waals surface area contributed by atoms with E-state index in [9.17, 15) is 4.39 Å². The first-order valence-electron chi connectivity index (χ1n) is 10.1. The molecule has 1 atom stereocenters. The van der Waals surface area contributed by atoms with Gasteiger partial charge in [-0.25, -0.2) is 14.4 Å². The average molecular weight is 454 g/mol. The molecule has 164 valence electrons. The van der Waals surface area contributed by atoms with E-state index >= 15 is 0 Å². The van der Waals surface area contributed by atoms with Crippen molar-refractivity contribution in [3.63, 3.8) is 0 Å². The molecule has 5 rings (SSSR count). The normalized spacial score (nSPS) is 20.2. The highest BCUT2D eigenvalue weighted by atomic mass is 32.1. The number of aromatic nitrogens is 5. The molecule has 3 aromatic heterocycles. The van der Waals surface area contributed by atoms with Gasteiger partial charge in [0, 0.05) is 6.54 Å². The van der Waals surface area contributed by atoms with Crippen LogP contribution in [-0.4, -0.2) is 61.5 Å². The van der Waals surface area contributed by atoms with Crippen LogP contribution in [0.5, 0.6) is 0 Å². The average Bonchev–Trinajstić information content (AvgIpc) is 3.29. The molecule has 2 N–H and O–H groups in total. The van der Waals surface area contributed by atoms with Crippen LogP contribution in [-0.2, 0) is 4.74 Å². The number of fused-ring (bicyclic) bond motifs is 3. The molecule has 0 spiro atoms. The minimum absolute atomic E-state index is 0.210. The fraction of sp³-hybridized carbons (Fsp3) is 0.350. The highest BCUT2D eigenvalue weighted by molar-refractivity contribution is 7.09. The highest BCUT2D eigenvalue weighted by Crippen LogP contribution is 2.43. The van der Waals surface area contributed by atoms with Crippen LogP contribution in [0.1, 0.15) is 20.3 Å². The quantitative estimate of drug-likeness (QED) is 0.458. The van der Waals surface area contributed by atoms with Gasteiger partial charge in [0.1, 0.15) is 39.3 Å². The van der Waals surface area contributed by atoms with Crippen molar-refractivity contribution in [2.24, 2.45) is 0 Å². The molecule has 2 aliphatic rings. The van der Waals surface area contributed by atoms with Gasteiger partial charge >= 0.3 is 0 Å². The van der Waals surface area contributed by atoms with E-state index in [0.29, 0.717) is 59.8 Å². The number of pyridine rings is 1. The first kappa shape index (κ1) is 20.5. The number of morpholine rings is 1. The van der Waals surface area contributed by atoms with Crippen LogP contribution in [0.4, 0.5) is 15.9 Å². The maximum absolute atomic E-state index is 13.3. The fourth-order valence-corrected chi connectivity index (χ4v) is 4.80. The van der Waals surface area contributed by atoms with Crippen LogP contribution < -0.4 is 9.80 Å². The predicted molar refractivity (Wildman–Crippen MR) is 119 cm³/mol. The van der Waals surface area contributed by atoms with Crippen molar-refractivity contribution in [1.82, 2.24) is 24.5 Å². The molecular formula is C20H20FN9OS. The lowest BCUT2D eigenvalue weighted by atomic mass is 9.88. The van der Waals surface area contributed by atoms with Crippen molar-refractivity contribution >= 4 is 34.7 Å². The van der Waals surface area contributed by atoms with Crippen molar-refractivity contribution in [3.05, 3.63) is 30.3 Å². The van der Waals surface area contributed by atoms with E-state index < -0.39 is 11.4 Å². The van der Waals surface area contributed by atoms with Crippen LogP contribution >= 0.6 is 11.5 Å². The van der Waals surface area contributed by atoms with Gasteiger partial charge in [-0.05, 0) is 37.0 Å². The van der Waals surface area contributed by atoms with E-state index in [1.165, 1.54) is 6.07 Å². The first-order valence-corrected chi connectivity index (χ1v) is 10.8. The number of nitrogens with one attached hydrogen (secondary N) is 2. The van der Waals surface area contributed by atoms with Gasteiger partial charge in [-0.1, -0.05) is 11.4 Å². The van der Waals surface area contributed by atoms with Crippen LogP contribution in [0.15, 0.2) is 24.5 Å². The molecule has 0 saturated carbocycles. The monoisotopic (exact) mass is 453 g/mol. The lowest BCUT2D eigenvalue weighted by molar-refractivity contribution is 0.0720. The Hall–Kier alpha value is -3.38. The molecule has 0 aliphatic carbocycles. The van der Waals surface area contributed by atoms with Gasteiger partial charge in [-0.2, -0.15) is 0 Å². The summed E-state index contributed by atoms with van der Waals surface area (Å²) in [5, 5.41) is 21.3. The molecule has 0 amide bonds. The Morgan fingerprint density at radius 3 is 2.88 bits per heavy atom. The molecule has 0 unspecified atom stereocenters. The Balaban J connectivity index is 1.67. The molecule has 0 bridgehead atoms. The summed E-state index contributed by atoms with van der Waals surface area (Å²) in [6.45, 7) is 5.08. The summed E-state index contributed by atoms with van der Waals surface area (Å²) in [6, 6.07) is 2.86. The molecule has 3 aromatic rings. The summed E-state index contributed by atoms with van der Waals surface area (Å²) in [7, 11) is 0. The standard InChI is InChI=1S/C20H20FN9OS/c1-3-20-10-31-7-6-29(20)18-14(30(11(2)22)19(20)23)9-25-17(26-18)16-15(27-28-32-16)13-5-4-12(21)8-24-13/h4-5,8-9,22-23H,3,6-7,10H2,1-2H3/t20-/m0/s1. The maximum atomic E-state index is 13.3. The highest BCUT2D eigenvalue weighted by Gasteiger charge is 2.51. The minimum atomic E-state index is -0.716. The molecular weight excluding hydrogens is 433 g/mol. The van der Waals surface area contributed by atoms with E-state index in [4.69, 9.17) is 20.5 Å². The largest absolute Gasteiger partial charge is 0.377 e. The van der Waals surface area contributed by atoms with Crippen molar-refractivity contribution in [1.29, 1.82) is 10.8 Å². The number of anilines is 2. The number of amidine groups is 2. The van der Waals surface area contributed by atoms with Crippen molar-refractivity contribution < 1.29 is 9.13 Å². The zero-order valence-corrected chi connectivity index (χ0v) is 18.3. The molecule has 10 nitrogen and oxygen atoms in total. The second-order valence-corrected chi connectivity index (χ2v) is 8.33. The Kier molecular flexibility index (Phi) is 4.90. The molecule has 1 fully saturated rings. The minimum Gasteiger partial charge on any atom is -0.377 e. The molecule has 2 aliphatic heterocycles. The third kappa shape index (κ3) is 2.98. The van der Waals surface area contributed by atoms with Crippen LogP contribution in [0, 0.1) is 16.6 Å². The van der Waals surface area contributed by atoms with Gasteiger partial charge in [0.15, 0.2) is 11.6 Å². The van der Waals surface area contributed by atoms with Crippen LogP contribution in [0.3, 0.4) is 0 Å². The molecule has 0 radical (unpaired) electrons. The third-order valence-corrected chi connectivity index (χ3v) is 6.53. The first-order chi connectivity index (χ1) is 15.5. The molecule has 32 heavy (non-hydrogen) atoms. The van der Waals surface area contributed by atoms with Gasteiger partial charge in [0.2, 0.25) is 0 Å². The Morgan fingerprint density at radius 2 is 2.16 bits per heavy atom. The van der Waals surface area contributed by atoms with Gasteiger partial charge in [-0.3, -0.25) is 20.7 Å². The van der Waals surface area contributed by atoms with Gasteiger partial charge in [-0.15, -0.1) is 5.10 Å². The topological polar surface area (TPSA) is 128 Å². The van der Waals surface area contributed by atoms with Crippen molar-refractivity contribution in [3.8, 4) is 22.1 Å². The number of halogens is 1. The van der Waals surface area contributed by atoms with Gasteiger partial charge in [0.25, 0.3) is 0 Å². The zero-order chi connectivity index (χ0) is 22.5. The van der Waals surface area contributed by atoms with E-state index in [1.54, 1.807) is 24.1 Å². The van der Waals surface area contributed by atoms with Gasteiger partial charge in [0.05, 0.1) is 31.3 Å². The summed E-state index contributed by atoms with van der Waals surface area (Å²) < 4.78 is 23.1. The number of nitrogens with zero attached hydrogens (tertiary/aromatic N) is 7. The molecule has 1 saturated heterocycles. The van der Waals surface area contributed by atoms with E-state index in [0.717, 1.165) is 17.7 Å². The predicted octanol–water partition coefficient (Wildman–Crippen LogP) is 2.98. The SMILES string of the molecule is CC[C@@]12COCCN1c1nc(-c3snnc3-c3ccc(F)cn3)ncc1N(C(C)=N)C2=N. The zero-order valence-electron chi connectivity index (χ0n) is 17.5. The van der Waals surface area contributed by atoms with Crippen molar-refractivity contribution in [2.45, 2.75) is 25.8 Å². The van der Waals surface area contributed by atoms with Crippen LogP contribution in [0.25, 0.3) is 22.1 Å². The summed E-state index contributed by atoms with van der Waals surface area (Å²) in [5.74, 6) is 1.10. The van der Waals surface area contributed by atoms with E-state index in [-0.39, 0.29) is 11.7 Å².